The molecule has 22 heavy (non-hydrogen) atoms. The van der Waals surface area contributed by atoms with E-state index >= 15 is 0 Å². The van der Waals surface area contributed by atoms with E-state index in [1.807, 2.05) is 35.2 Å². The van der Waals surface area contributed by atoms with Crippen molar-refractivity contribution in [1.29, 1.82) is 0 Å². The van der Waals surface area contributed by atoms with Crippen molar-refractivity contribution in [3.63, 3.8) is 0 Å². The molecule has 0 bridgehead atoms. The van der Waals surface area contributed by atoms with Crippen LogP contribution in [0.3, 0.4) is 0 Å². The number of nitrogens with one attached hydrogen (secondary N) is 1. The Balaban J connectivity index is 0.00000242. The highest BCUT2D eigenvalue weighted by Crippen LogP contribution is 2.06. The molecule has 1 aliphatic rings. The number of amides is 1. The minimum atomic E-state index is 0. The highest BCUT2D eigenvalue weighted by Gasteiger charge is 2.18. The van der Waals surface area contributed by atoms with Crippen molar-refractivity contribution in [3.8, 4) is 0 Å². The summed E-state index contributed by atoms with van der Waals surface area (Å²) in [4.78, 5) is 16.6. The van der Waals surface area contributed by atoms with Gasteiger partial charge in [-0.3, -0.25) is 9.69 Å². The number of anilines is 1. The molecule has 2 rings (SSSR count). The Morgan fingerprint density at radius 1 is 1.18 bits per heavy atom. The molecule has 1 aromatic carbocycles. The first-order valence-electron chi connectivity index (χ1n) is 7.57. The van der Waals surface area contributed by atoms with Crippen LogP contribution >= 0.6 is 12.4 Å². The van der Waals surface area contributed by atoms with Crippen molar-refractivity contribution in [2.45, 2.75) is 6.42 Å². The lowest BCUT2D eigenvalue weighted by molar-refractivity contribution is -0.129. The SMILES string of the molecule is COCCN1CCCN(C(=O)CNc2ccccc2)CC1.Cl. The molecule has 124 valence electrons. The van der Waals surface area contributed by atoms with Crippen molar-refractivity contribution in [2.24, 2.45) is 0 Å². The lowest BCUT2D eigenvalue weighted by Crippen LogP contribution is -2.38. The van der Waals surface area contributed by atoms with Crippen LogP contribution in [0, 0.1) is 0 Å². The largest absolute Gasteiger partial charge is 0.383 e. The average molecular weight is 328 g/mol. The second kappa shape index (κ2) is 10.4. The fraction of sp³-hybridized carbons (Fsp3) is 0.562. The molecule has 1 heterocycles. The molecule has 1 aliphatic heterocycles. The number of benzene rings is 1. The Morgan fingerprint density at radius 3 is 2.68 bits per heavy atom. The number of halogens is 1. The van der Waals surface area contributed by atoms with Gasteiger partial charge in [0.05, 0.1) is 13.2 Å². The van der Waals surface area contributed by atoms with Gasteiger partial charge in [-0.25, -0.2) is 0 Å². The first kappa shape index (κ1) is 18.7. The Kier molecular flexibility index (Phi) is 8.89. The van der Waals surface area contributed by atoms with E-state index in [1.165, 1.54) is 0 Å². The predicted octanol–water partition coefficient (Wildman–Crippen LogP) is 1.70. The van der Waals surface area contributed by atoms with Crippen LogP contribution in [0.4, 0.5) is 5.69 Å². The molecular formula is C16H26ClN3O2. The molecular weight excluding hydrogens is 302 g/mol. The van der Waals surface area contributed by atoms with Gasteiger partial charge in [0.2, 0.25) is 5.91 Å². The summed E-state index contributed by atoms with van der Waals surface area (Å²) in [6.07, 6.45) is 1.03. The summed E-state index contributed by atoms with van der Waals surface area (Å²) in [5.41, 5.74) is 0.988. The maximum atomic E-state index is 12.3. The van der Waals surface area contributed by atoms with Gasteiger partial charge in [0.25, 0.3) is 0 Å². The molecule has 1 amide bonds. The molecule has 0 aromatic heterocycles. The molecule has 1 fully saturated rings. The van der Waals surface area contributed by atoms with Gasteiger partial charge in [-0.15, -0.1) is 12.4 Å². The van der Waals surface area contributed by atoms with Crippen LogP contribution in [-0.2, 0) is 9.53 Å². The summed E-state index contributed by atoms with van der Waals surface area (Å²) in [6.45, 7) is 5.68. The monoisotopic (exact) mass is 327 g/mol. The Labute approximate surface area is 139 Å². The van der Waals surface area contributed by atoms with E-state index in [9.17, 15) is 4.79 Å². The van der Waals surface area contributed by atoms with Crippen molar-refractivity contribution in [3.05, 3.63) is 30.3 Å². The third kappa shape index (κ3) is 6.22. The predicted molar refractivity (Wildman–Crippen MR) is 91.7 cm³/mol. The summed E-state index contributed by atoms with van der Waals surface area (Å²) in [7, 11) is 1.73. The zero-order valence-corrected chi connectivity index (χ0v) is 14.0. The molecule has 0 unspecified atom stereocenters. The van der Waals surface area contributed by atoms with Crippen molar-refractivity contribution >= 4 is 24.0 Å². The van der Waals surface area contributed by atoms with Gasteiger partial charge in [-0.1, -0.05) is 18.2 Å². The van der Waals surface area contributed by atoms with Crippen molar-refractivity contribution in [1.82, 2.24) is 9.80 Å². The van der Waals surface area contributed by atoms with E-state index in [1.54, 1.807) is 7.11 Å². The minimum Gasteiger partial charge on any atom is -0.383 e. The first-order chi connectivity index (χ1) is 10.3. The summed E-state index contributed by atoms with van der Waals surface area (Å²) < 4.78 is 5.12. The number of carbonyl (C=O) groups excluding carboxylic acids is 1. The fourth-order valence-corrected chi connectivity index (χ4v) is 2.51. The smallest absolute Gasteiger partial charge is 0.241 e. The van der Waals surface area contributed by atoms with Gasteiger partial charge in [0, 0.05) is 39.0 Å². The van der Waals surface area contributed by atoms with E-state index in [0.717, 1.165) is 51.4 Å². The number of carbonyl (C=O) groups is 1. The lowest BCUT2D eigenvalue weighted by Gasteiger charge is -2.22. The van der Waals surface area contributed by atoms with Crippen LogP contribution in [0.2, 0.25) is 0 Å². The van der Waals surface area contributed by atoms with Crippen LogP contribution < -0.4 is 5.32 Å². The maximum absolute atomic E-state index is 12.3. The number of hydrogen-bond acceptors (Lipinski definition) is 4. The molecule has 0 atom stereocenters. The Morgan fingerprint density at radius 2 is 1.95 bits per heavy atom. The molecule has 1 aromatic rings. The number of rotatable bonds is 6. The summed E-state index contributed by atoms with van der Waals surface area (Å²) in [5.74, 6) is 0.174. The Bertz CT molecular complexity index is 431. The van der Waals surface area contributed by atoms with Gasteiger partial charge in [-0.2, -0.15) is 0 Å². The average Bonchev–Trinajstić information content (AvgIpc) is 2.77. The van der Waals surface area contributed by atoms with E-state index < -0.39 is 0 Å². The molecule has 1 saturated heterocycles. The number of nitrogens with zero attached hydrogens (tertiary/aromatic N) is 2. The van der Waals surface area contributed by atoms with Gasteiger partial charge in [0.15, 0.2) is 0 Å². The van der Waals surface area contributed by atoms with Crippen LogP contribution in [0.5, 0.6) is 0 Å². The number of methoxy groups -OCH3 is 1. The first-order valence-corrected chi connectivity index (χ1v) is 7.57. The van der Waals surface area contributed by atoms with Crippen molar-refractivity contribution in [2.75, 3.05) is 58.3 Å². The quantitative estimate of drug-likeness (QED) is 0.864. The van der Waals surface area contributed by atoms with Crippen molar-refractivity contribution < 1.29 is 9.53 Å². The van der Waals surface area contributed by atoms with Crippen LogP contribution in [0.15, 0.2) is 30.3 Å². The van der Waals surface area contributed by atoms with Crippen LogP contribution in [0.25, 0.3) is 0 Å². The van der Waals surface area contributed by atoms with E-state index in [0.29, 0.717) is 6.54 Å². The minimum absolute atomic E-state index is 0. The second-order valence-electron chi connectivity index (χ2n) is 5.29. The third-order valence-corrected chi connectivity index (χ3v) is 3.77. The van der Waals surface area contributed by atoms with Gasteiger partial charge < -0.3 is 15.0 Å². The van der Waals surface area contributed by atoms with Gasteiger partial charge in [0.1, 0.15) is 0 Å². The summed E-state index contributed by atoms with van der Waals surface area (Å²) >= 11 is 0. The molecule has 0 aliphatic carbocycles. The van der Waals surface area contributed by atoms with E-state index in [4.69, 9.17) is 4.74 Å². The molecule has 1 N–H and O–H groups in total. The highest BCUT2D eigenvalue weighted by atomic mass is 35.5. The van der Waals surface area contributed by atoms with Gasteiger partial charge in [-0.05, 0) is 25.1 Å². The normalized spacial score (nSPS) is 15.8. The lowest BCUT2D eigenvalue weighted by atomic mass is 10.3. The highest BCUT2D eigenvalue weighted by molar-refractivity contribution is 5.85. The van der Waals surface area contributed by atoms with E-state index in [-0.39, 0.29) is 18.3 Å². The molecule has 0 radical (unpaired) electrons. The summed E-state index contributed by atoms with van der Waals surface area (Å²) in [6, 6.07) is 9.85. The maximum Gasteiger partial charge on any atom is 0.241 e. The molecule has 5 nitrogen and oxygen atoms in total. The molecule has 6 heteroatoms. The molecule has 0 spiro atoms. The topological polar surface area (TPSA) is 44.8 Å². The summed E-state index contributed by atoms with van der Waals surface area (Å²) in [5, 5.41) is 3.18. The zero-order chi connectivity index (χ0) is 14.9. The van der Waals surface area contributed by atoms with E-state index in [2.05, 4.69) is 10.2 Å². The number of hydrogen-bond donors (Lipinski definition) is 1. The van der Waals surface area contributed by atoms with Crippen LogP contribution in [-0.4, -0.2) is 68.7 Å². The fourth-order valence-electron chi connectivity index (χ4n) is 2.51. The Hall–Kier alpha value is -1.30. The number of ether oxygens (including phenoxy) is 1. The van der Waals surface area contributed by atoms with Gasteiger partial charge >= 0.3 is 0 Å². The van der Waals surface area contributed by atoms with Crippen LogP contribution in [0.1, 0.15) is 6.42 Å². The molecule has 0 saturated carbocycles. The second-order valence-corrected chi connectivity index (χ2v) is 5.29. The number of para-hydroxylation sites is 1. The zero-order valence-electron chi connectivity index (χ0n) is 13.2. The standard InChI is InChI=1S/C16H25N3O2.ClH/c1-21-13-12-18-8-5-9-19(11-10-18)16(20)14-17-15-6-3-2-4-7-15;/h2-4,6-7,17H,5,8-14H2,1H3;1H. The third-order valence-electron chi connectivity index (χ3n) is 3.77.